The molecule has 0 unspecified atom stereocenters. The quantitative estimate of drug-likeness (QED) is 0.515. The molecule has 90 valence electrons. The minimum atomic E-state index is -0.504. The second-order valence-corrected chi connectivity index (χ2v) is 3.27. The van der Waals surface area contributed by atoms with E-state index in [1.165, 1.54) is 18.2 Å². The molecule has 0 saturated heterocycles. The molecule has 1 aromatic rings. The summed E-state index contributed by atoms with van der Waals surface area (Å²) in [7, 11) is 0. The van der Waals surface area contributed by atoms with Crippen molar-refractivity contribution in [2.75, 3.05) is 13.2 Å². The van der Waals surface area contributed by atoms with Crippen molar-refractivity contribution in [1.29, 1.82) is 0 Å². The summed E-state index contributed by atoms with van der Waals surface area (Å²) in [4.78, 5) is 9.91. The Morgan fingerprint density at radius 3 is 2.69 bits per heavy atom. The molecule has 0 fully saturated rings. The Hall–Kier alpha value is -0.850. The predicted octanol–water partition coefficient (Wildman–Crippen LogP) is 2.55. The van der Waals surface area contributed by atoms with Gasteiger partial charge in [0.25, 0.3) is 5.69 Å². The number of benzene rings is 1. The monoisotopic (exact) mass is 310 g/mol. The van der Waals surface area contributed by atoms with E-state index in [4.69, 9.17) is 22.1 Å². The Kier molecular flexibility index (Phi) is 7.03. The Balaban J connectivity index is 0.00000225. The van der Waals surface area contributed by atoms with Gasteiger partial charge < -0.3 is 10.5 Å². The van der Waals surface area contributed by atoms with Gasteiger partial charge in [-0.3, -0.25) is 10.1 Å². The lowest BCUT2D eigenvalue weighted by Crippen LogP contribution is -2.06. The van der Waals surface area contributed by atoms with Gasteiger partial charge in [-0.25, -0.2) is 0 Å². The van der Waals surface area contributed by atoms with E-state index in [9.17, 15) is 10.1 Å². The maximum Gasteiger partial charge on any atom is 0.271 e. The van der Waals surface area contributed by atoms with E-state index in [0.29, 0.717) is 25.3 Å². The Morgan fingerprint density at radius 1 is 1.50 bits per heavy atom. The number of hydrogen-bond donors (Lipinski definition) is 1. The Bertz CT molecular complexity index is 363. The average molecular weight is 312 g/mol. The van der Waals surface area contributed by atoms with Crippen molar-refractivity contribution in [2.24, 2.45) is 5.73 Å². The zero-order chi connectivity index (χ0) is 11.3. The number of nitro groups is 1. The summed E-state index contributed by atoms with van der Waals surface area (Å²) in [5.41, 5.74) is 5.24. The number of nitrogens with two attached hydrogens (primary N) is 1. The third-order valence-electron chi connectivity index (χ3n) is 1.73. The van der Waals surface area contributed by atoms with Gasteiger partial charge >= 0.3 is 0 Å². The zero-order valence-corrected chi connectivity index (χ0v) is 10.9. The smallest absolute Gasteiger partial charge is 0.271 e. The molecule has 0 atom stereocenters. The first-order valence-electron chi connectivity index (χ1n) is 4.42. The van der Waals surface area contributed by atoms with Crippen molar-refractivity contribution in [1.82, 2.24) is 0 Å². The van der Waals surface area contributed by atoms with Gasteiger partial charge in [0.2, 0.25) is 0 Å². The highest BCUT2D eigenvalue weighted by molar-refractivity contribution is 8.93. The first kappa shape index (κ1) is 15.2. The van der Waals surface area contributed by atoms with Gasteiger partial charge in [0.1, 0.15) is 5.75 Å². The molecule has 1 aromatic carbocycles. The van der Waals surface area contributed by atoms with Crippen LogP contribution in [0.1, 0.15) is 6.42 Å². The van der Waals surface area contributed by atoms with Gasteiger partial charge in [-0.05, 0) is 19.0 Å². The molecular formula is C9H12BrClN2O3. The summed E-state index contributed by atoms with van der Waals surface area (Å²) in [5.74, 6) is 0.440. The van der Waals surface area contributed by atoms with E-state index in [2.05, 4.69) is 0 Å². The molecule has 0 saturated carbocycles. The fraction of sp³-hybridized carbons (Fsp3) is 0.333. The van der Waals surface area contributed by atoms with E-state index in [1.807, 2.05) is 0 Å². The third-order valence-corrected chi connectivity index (χ3v) is 2.03. The third kappa shape index (κ3) is 4.34. The molecule has 0 spiro atoms. The van der Waals surface area contributed by atoms with Crippen molar-refractivity contribution in [3.8, 4) is 5.75 Å². The van der Waals surface area contributed by atoms with Gasteiger partial charge in [-0.2, -0.15) is 0 Å². The fourth-order valence-electron chi connectivity index (χ4n) is 0.986. The number of non-ortho nitro benzene ring substituents is 1. The molecular weight excluding hydrogens is 299 g/mol. The summed E-state index contributed by atoms with van der Waals surface area (Å²) < 4.78 is 5.28. The average Bonchev–Trinajstić information content (AvgIpc) is 2.20. The van der Waals surface area contributed by atoms with Crippen LogP contribution in [0.3, 0.4) is 0 Å². The van der Waals surface area contributed by atoms with E-state index in [-0.39, 0.29) is 27.7 Å². The second-order valence-electron chi connectivity index (χ2n) is 2.86. The van der Waals surface area contributed by atoms with Crippen molar-refractivity contribution in [3.05, 3.63) is 33.3 Å². The Morgan fingerprint density at radius 2 is 2.19 bits per heavy atom. The molecule has 0 aromatic heterocycles. The molecule has 0 aliphatic rings. The summed E-state index contributed by atoms with van der Waals surface area (Å²) in [6.07, 6.45) is 0.716. The highest BCUT2D eigenvalue weighted by atomic mass is 79.9. The molecule has 0 aliphatic heterocycles. The first-order chi connectivity index (χ1) is 7.15. The van der Waals surface area contributed by atoms with Crippen molar-refractivity contribution in [3.63, 3.8) is 0 Å². The summed E-state index contributed by atoms with van der Waals surface area (Å²) in [6, 6.07) is 4.10. The number of nitrogens with zero attached hydrogens (tertiary/aromatic N) is 1. The highest BCUT2D eigenvalue weighted by Crippen LogP contribution is 2.28. The van der Waals surface area contributed by atoms with E-state index < -0.39 is 4.92 Å². The second kappa shape index (κ2) is 7.43. The molecule has 0 aliphatic carbocycles. The lowest BCUT2D eigenvalue weighted by atomic mass is 10.3. The Labute approximate surface area is 108 Å². The van der Waals surface area contributed by atoms with Crippen LogP contribution in [0, 0.1) is 10.1 Å². The number of ether oxygens (including phenoxy) is 1. The topological polar surface area (TPSA) is 78.4 Å². The normalized spacial score (nSPS) is 9.38. The molecule has 1 rings (SSSR count). The SMILES string of the molecule is Br.NCCCOc1ccc([N+](=O)[O-])cc1Cl. The van der Waals surface area contributed by atoms with Crippen molar-refractivity contribution < 1.29 is 9.66 Å². The molecule has 0 heterocycles. The van der Waals surface area contributed by atoms with Crippen LogP contribution in [0.5, 0.6) is 5.75 Å². The van der Waals surface area contributed by atoms with Gasteiger partial charge in [0.15, 0.2) is 0 Å². The van der Waals surface area contributed by atoms with Crippen LogP contribution < -0.4 is 10.5 Å². The molecule has 0 bridgehead atoms. The molecule has 16 heavy (non-hydrogen) atoms. The predicted molar refractivity (Wildman–Crippen MR) is 67.6 cm³/mol. The zero-order valence-electron chi connectivity index (χ0n) is 8.39. The number of nitro benzene ring substituents is 1. The minimum Gasteiger partial charge on any atom is -0.492 e. The first-order valence-corrected chi connectivity index (χ1v) is 4.79. The summed E-state index contributed by atoms with van der Waals surface area (Å²) in [5, 5.41) is 10.7. The lowest BCUT2D eigenvalue weighted by molar-refractivity contribution is -0.384. The maximum atomic E-state index is 10.4. The molecule has 0 amide bonds. The fourth-order valence-corrected chi connectivity index (χ4v) is 1.22. The van der Waals surface area contributed by atoms with Gasteiger partial charge in [-0.15, -0.1) is 17.0 Å². The van der Waals surface area contributed by atoms with Crippen LogP contribution in [0.4, 0.5) is 5.69 Å². The van der Waals surface area contributed by atoms with Crippen LogP contribution in [0.25, 0.3) is 0 Å². The van der Waals surface area contributed by atoms with Gasteiger partial charge in [-0.1, -0.05) is 11.6 Å². The van der Waals surface area contributed by atoms with Crippen LogP contribution in [0.15, 0.2) is 18.2 Å². The standard InChI is InChI=1S/C9H11ClN2O3.BrH/c10-8-6-7(12(13)14)2-3-9(8)15-5-1-4-11;/h2-3,6H,1,4-5,11H2;1H. The summed E-state index contributed by atoms with van der Waals surface area (Å²) >= 11 is 5.79. The molecule has 5 nitrogen and oxygen atoms in total. The van der Waals surface area contributed by atoms with E-state index in [1.54, 1.807) is 0 Å². The van der Waals surface area contributed by atoms with E-state index >= 15 is 0 Å². The van der Waals surface area contributed by atoms with Crippen molar-refractivity contribution in [2.45, 2.75) is 6.42 Å². The number of rotatable bonds is 5. The van der Waals surface area contributed by atoms with Crippen LogP contribution in [0.2, 0.25) is 5.02 Å². The van der Waals surface area contributed by atoms with Crippen molar-refractivity contribution >= 4 is 34.3 Å². The van der Waals surface area contributed by atoms with Crippen LogP contribution >= 0.6 is 28.6 Å². The van der Waals surface area contributed by atoms with E-state index in [0.717, 1.165) is 0 Å². The number of halogens is 2. The molecule has 2 N–H and O–H groups in total. The maximum absolute atomic E-state index is 10.4. The molecule has 0 radical (unpaired) electrons. The highest BCUT2D eigenvalue weighted by Gasteiger charge is 2.09. The summed E-state index contributed by atoms with van der Waals surface area (Å²) in [6.45, 7) is 0.985. The van der Waals surface area contributed by atoms with Gasteiger partial charge in [0.05, 0.1) is 16.6 Å². The lowest BCUT2D eigenvalue weighted by Gasteiger charge is -2.06. The van der Waals surface area contributed by atoms with Crippen LogP contribution in [-0.2, 0) is 0 Å². The van der Waals surface area contributed by atoms with Crippen LogP contribution in [-0.4, -0.2) is 18.1 Å². The number of hydrogen-bond acceptors (Lipinski definition) is 4. The molecule has 7 heteroatoms. The minimum absolute atomic E-state index is 0. The van der Waals surface area contributed by atoms with Gasteiger partial charge in [0, 0.05) is 12.1 Å². The largest absolute Gasteiger partial charge is 0.492 e.